The summed E-state index contributed by atoms with van der Waals surface area (Å²) in [4.78, 5) is 28.3. The van der Waals surface area contributed by atoms with Crippen LogP contribution >= 0.6 is 11.6 Å². The molecule has 1 atom stereocenters. The Kier molecular flexibility index (Phi) is 5.18. The van der Waals surface area contributed by atoms with Crippen LogP contribution < -0.4 is 0 Å². The highest BCUT2D eigenvalue weighted by Crippen LogP contribution is 2.16. The van der Waals surface area contributed by atoms with Crippen LogP contribution in [0.15, 0.2) is 24.3 Å². The third kappa shape index (κ3) is 4.03. The first-order chi connectivity index (χ1) is 11.1. The molecule has 5 nitrogen and oxygen atoms in total. The van der Waals surface area contributed by atoms with Gasteiger partial charge in [-0.25, -0.2) is 0 Å². The fourth-order valence-electron chi connectivity index (χ4n) is 3.04. The molecule has 0 N–H and O–H groups in total. The van der Waals surface area contributed by atoms with E-state index >= 15 is 0 Å². The van der Waals surface area contributed by atoms with Gasteiger partial charge < -0.3 is 14.5 Å². The van der Waals surface area contributed by atoms with Crippen molar-refractivity contribution in [3.8, 4) is 0 Å². The van der Waals surface area contributed by atoms with Gasteiger partial charge in [0.25, 0.3) is 5.91 Å². The molecule has 2 aliphatic rings. The van der Waals surface area contributed by atoms with Crippen LogP contribution in [0.3, 0.4) is 0 Å². The number of hydrogen-bond acceptors (Lipinski definition) is 3. The molecule has 0 aromatic heterocycles. The monoisotopic (exact) mass is 336 g/mol. The predicted octanol–water partition coefficient (Wildman–Crippen LogP) is 1.73. The van der Waals surface area contributed by atoms with Crippen molar-refractivity contribution >= 4 is 23.4 Å². The van der Waals surface area contributed by atoms with Crippen LogP contribution in [-0.2, 0) is 20.7 Å². The van der Waals surface area contributed by atoms with E-state index in [0.717, 1.165) is 18.4 Å². The molecule has 0 aliphatic carbocycles. The van der Waals surface area contributed by atoms with Crippen LogP contribution in [0.4, 0.5) is 0 Å². The maximum atomic E-state index is 12.3. The van der Waals surface area contributed by atoms with E-state index in [1.165, 1.54) is 0 Å². The van der Waals surface area contributed by atoms with Crippen molar-refractivity contribution in [3.63, 3.8) is 0 Å². The molecule has 1 unspecified atom stereocenters. The maximum Gasteiger partial charge on any atom is 0.251 e. The minimum Gasteiger partial charge on any atom is -0.368 e. The Bertz CT molecular complexity index is 562. The van der Waals surface area contributed by atoms with Gasteiger partial charge in [-0.3, -0.25) is 9.59 Å². The molecule has 2 fully saturated rings. The van der Waals surface area contributed by atoms with Crippen molar-refractivity contribution in [1.82, 2.24) is 9.80 Å². The SMILES string of the molecule is O=C(Cc1ccc(Cl)cc1)N1CCN(C(=O)C2CCCO2)CC1. The highest BCUT2D eigenvalue weighted by atomic mass is 35.5. The summed E-state index contributed by atoms with van der Waals surface area (Å²) in [6.45, 7) is 3.03. The Morgan fingerprint density at radius 1 is 1.09 bits per heavy atom. The van der Waals surface area contributed by atoms with Gasteiger partial charge in [-0.2, -0.15) is 0 Å². The third-order valence-electron chi connectivity index (χ3n) is 4.42. The first kappa shape index (κ1) is 16.3. The van der Waals surface area contributed by atoms with Crippen LogP contribution in [-0.4, -0.2) is 60.5 Å². The van der Waals surface area contributed by atoms with E-state index in [2.05, 4.69) is 0 Å². The fraction of sp³-hybridized carbons (Fsp3) is 0.529. The highest BCUT2D eigenvalue weighted by molar-refractivity contribution is 6.30. The van der Waals surface area contributed by atoms with Gasteiger partial charge in [0.2, 0.25) is 5.91 Å². The quantitative estimate of drug-likeness (QED) is 0.844. The van der Waals surface area contributed by atoms with E-state index in [9.17, 15) is 9.59 Å². The Labute approximate surface area is 141 Å². The van der Waals surface area contributed by atoms with Gasteiger partial charge in [0.05, 0.1) is 6.42 Å². The summed E-state index contributed by atoms with van der Waals surface area (Å²) in [6, 6.07) is 7.33. The zero-order valence-corrected chi connectivity index (χ0v) is 13.8. The second-order valence-electron chi connectivity index (χ2n) is 6.01. The van der Waals surface area contributed by atoms with Gasteiger partial charge in [0, 0.05) is 37.8 Å². The molecule has 2 heterocycles. The number of nitrogens with zero attached hydrogens (tertiary/aromatic N) is 2. The van der Waals surface area contributed by atoms with Crippen molar-refractivity contribution in [1.29, 1.82) is 0 Å². The lowest BCUT2D eigenvalue weighted by Crippen LogP contribution is -2.53. The molecule has 0 radical (unpaired) electrons. The van der Waals surface area contributed by atoms with Crippen molar-refractivity contribution < 1.29 is 14.3 Å². The van der Waals surface area contributed by atoms with E-state index < -0.39 is 0 Å². The Balaban J connectivity index is 1.49. The van der Waals surface area contributed by atoms with Gasteiger partial charge in [-0.05, 0) is 30.5 Å². The third-order valence-corrected chi connectivity index (χ3v) is 4.67. The van der Waals surface area contributed by atoms with Gasteiger partial charge in [-0.15, -0.1) is 0 Å². The Morgan fingerprint density at radius 2 is 1.74 bits per heavy atom. The van der Waals surface area contributed by atoms with Gasteiger partial charge >= 0.3 is 0 Å². The largest absolute Gasteiger partial charge is 0.368 e. The molecule has 0 spiro atoms. The molecule has 1 aromatic rings. The summed E-state index contributed by atoms with van der Waals surface area (Å²) >= 11 is 5.85. The number of carbonyl (C=O) groups is 2. The van der Waals surface area contributed by atoms with Crippen molar-refractivity contribution in [2.24, 2.45) is 0 Å². The average Bonchev–Trinajstić information content (AvgIpc) is 3.11. The normalized spacial score (nSPS) is 21.5. The summed E-state index contributed by atoms with van der Waals surface area (Å²) < 4.78 is 5.45. The first-order valence-electron chi connectivity index (χ1n) is 8.06. The molecule has 2 amide bonds. The molecular formula is C17H21ClN2O3. The van der Waals surface area contributed by atoms with Crippen LogP contribution in [0, 0.1) is 0 Å². The minimum atomic E-state index is -0.272. The lowest BCUT2D eigenvalue weighted by atomic mass is 10.1. The van der Waals surface area contributed by atoms with E-state index in [-0.39, 0.29) is 17.9 Å². The van der Waals surface area contributed by atoms with E-state index in [1.54, 1.807) is 12.1 Å². The average molecular weight is 337 g/mol. The molecule has 2 saturated heterocycles. The number of amides is 2. The summed E-state index contributed by atoms with van der Waals surface area (Å²) in [7, 11) is 0. The zero-order chi connectivity index (χ0) is 16.2. The molecule has 1 aromatic carbocycles. The summed E-state index contributed by atoms with van der Waals surface area (Å²) in [5.74, 6) is 0.170. The van der Waals surface area contributed by atoms with Crippen molar-refractivity contribution in [2.75, 3.05) is 32.8 Å². The molecule has 23 heavy (non-hydrogen) atoms. The van der Waals surface area contributed by atoms with Crippen molar-refractivity contribution in [2.45, 2.75) is 25.4 Å². The molecule has 0 bridgehead atoms. The maximum absolute atomic E-state index is 12.3. The molecule has 0 saturated carbocycles. The van der Waals surface area contributed by atoms with E-state index in [0.29, 0.717) is 44.2 Å². The van der Waals surface area contributed by atoms with E-state index in [4.69, 9.17) is 16.3 Å². The smallest absolute Gasteiger partial charge is 0.251 e. The summed E-state index contributed by atoms with van der Waals surface area (Å²) in [6.07, 6.45) is 1.87. The van der Waals surface area contributed by atoms with Gasteiger partial charge in [0.15, 0.2) is 0 Å². The summed E-state index contributed by atoms with van der Waals surface area (Å²) in [5, 5.41) is 0.669. The Hall–Kier alpha value is -1.59. The van der Waals surface area contributed by atoms with Gasteiger partial charge in [0.1, 0.15) is 6.10 Å². The number of ether oxygens (including phenoxy) is 1. The number of hydrogen-bond donors (Lipinski definition) is 0. The second-order valence-corrected chi connectivity index (χ2v) is 6.45. The standard InChI is InChI=1S/C17H21ClN2O3/c18-14-5-3-13(4-6-14)12-16(21)19-7-9-20(10-8-19)17(22)15-2-1-11-23-15/h3-6,15H,1-2,7-12H2. The van der Waals surface area contributed by atoms with Crippen LogP contribution in [0.5, 0.6) is 0 Å². The lowest BCUT2D eigenvalue weighted by molar-refractivity contribution is -0.145. The molecule has 124 valence electrons. The molecule has 2 aliphatic heterocycles. The van der Waals surface area contributed by atoms with Crippen LogP contribution in [0.2, 0.25) is 5.02 Å². The predicted molar refractivity (Wildman–Crippen MR) is 87.3 cm³/mol. The number of carbonyl (C=O) groups excluding carboxylic acids is 2. The number of benzene rings is 1. The lowest BCUT2D eigenvalue weighted by Gasteiger charge is -2.35. The minimum absolute atomic E-state index is 0.0762. The van der Waals surface area contributed by atoms with Crippen molar-refractivity contribution in [3.05, 3.63) is 34.9 Å². The summed E-state index contributed by atoms with van der Waals surface area (Å²) in [5.41, 5.74) is 0.956. The van der Waals surface area contributed by atoms with Crippen LogP contribution in [0.1, 0.15) is 18.4 Å². The number of rotatable bonds is 3. The van der Waals surface area contributed by atoms with Gasteiger partial charge in [-0.1, -0.05) is 23.7 Å². The number of piperazine rings is 1. The fourth-order valence-corrected chi connectivity index (χ4v) is 3.17. The first-order valence-corrected chi connectivity index (χ1v) is 8.44. The zero-order valence-electron chi connectivity index (χ0n) is 13.0. The Morgan fingerprint density at radius 3 is 2.35 bits per heavy atom. The topological polar surface area (TPSA) is 49.9 Å². The molecular weight excluding hydrogens is 316 g/mol. The number of halogens is 1. The van der Waals surface area contributed by atoms with Crippen LogP contribution in [0.25, 0.3) is 0 Å². The second kappa shape index (κ2) is 7.32. The highest BCUT2D eigenvalue weighted by Gasteiger charge is 2.31. The molecule has 6 heteroatoms. The molecule has 3 rings (SSSR count). The van der Waals surface area contributed by atoms with E-state index in [1.807, 2.05) is 21.9 Å².